The Morgan fingerprint density at radius 3 is 0.607 bits per heavy atom. The molecular weight excluding hydrogens is 368 g/mol. The maximum atomic E-state index is 9.70. The zero-order chi connectivity index (χ0) is 19.8. The Morgan fingerprint density at radius 1 is 0.536 bits per heavy atom. The van der Waals surface area contributed by atoms with Crippen LogP contribution in [-0.4, -0.2) is 66.3 Å². The first-order chi connectivity index (χ1) is 10.5. The van der Waals surface area contributed by atoms with Gasteiger partial charge >= 0.3 is 11.9 Å². The largest absolute Gasteiger partial charge is 0.469 e. The predicted octanol–water partition coefficient (Wildman–Crippen LogP) is 3.31. The summed E-state index contributed by atoms with van der Waals surface area (Å²) in [6.07, 6.45) is 0. The summed E-state index contributed by atoms with van der Waals surface area (Å²) in [5, 5.41) is 4.78. The maximum Gasteiger partial charge on any atom is 0.302 e. The molecule has 0 spiro atoms. The molecule has 0 radical (unpaired) electrons. The van der Waals surface area contributed by atoms with Crippen LogP contribution in [0.4, 0.5) is 0 Å². The molecule has 0 saturated carbocycles. The highest BCUT2D eigenvalue weighted by atomic mass is 16.5. The van der Waals surface area contributed by atoms with Gasteiger partial charge in [-0.25, -0.2) is 0 Å². The summed E-state index contributed by atoms with van der Waals surface area (Å²) in [6.45, 7) is 5.67. The van der Waals surface area contributed by atoms with Crippen molar-refractivity contribution in [3.63, 3.8) is 0 Å². The van der Waals surface area contributed by atoms with Gasteiger partial charge in [0.2, 0.25) is 11.8 Å². The molecule has 0 heterocycles. The highest BCUT2D eigenvalue weighted by Crippen LogP contribution is 1.60. The van der Waals surface area contributed by atoms with Crippen molar-refractivity contribution in [2.75, 3.05) is 42.5 Å². The molecule has 0 aromatic heterocycles. The zero-order valence-corrected chi connectivity index (χ0v) is 15.9. The second kappa shape index (κ2) is 64.1. The van der Waals surface area contributed by atoms with E-state index in [0.29, 0.717) is 0 Å². The highest BCUT2D eigenvalue weighted by molar-refractivity contribution is 5.72. The smallest absolute Gasteiger partial charge is 0.302 e. The van der Waals surface area contributed by atoms with Crippen molar-refractivity contribution in [1.82, 2.24) is 10.6 Å². The van der Waals surface area contributed by atoms with Crippen LogP contribution in [0.25, 0.3) is 0 Å². The first-order valence-corrected chi connectivity index (χ1v) is 6.36. The van der Waals surface area contributed by atoms with Crippen LogP contribution in [0.3, 0.4) is 0 Å². The summed E-state index contributed by atoms with van der Waals surface area (Å²) in [7, 11) is 9.15. The van der Waals surface area contributed by atoms with Crippen LogP contribution in [-0.2, 0) is 33.4 Å². The van der Waals surface area contributed by atoms with Crippen molar-refractivity contribution in [3.05, 3.63) is 0 Å². The molecule has 180 valence electrons. The number of hydrogen-bond acceptors (Lipinski definition) is 7. The van der Waals surface area contributed by atoms with E-state index in [9.17, 15) is 19.2 Å². The Balaban J connectivity index is -0.0000000175. The lowest BCUT2D eigenvalue weighted by Crippen LogP contribution is -2.11. The lowest BCUT2D eigenvalue weighted by molar-refractivity contribution is -0.138. The van der Waals surface area contributed by atoms with E-state index in [-0.39, 0.29) is 60.9 Å². The van der Waals surface area contributed by atoms with Gasteiger partial charge in [0, 0.05) is 56.0 Å². The van der Waals surface area contributed by atoms with E-state index < -0.39 is 0 Å². The predicted molar refractivity (Wildman–Crippen MR) is 121 cm³/mol. The Bertz CT molecular complexity index is 242. The average Bonchev–Trinajstić information content (AvgIpc) is 2.49. The van der Waals surface area contributed by atoms with Gasteiger partial charge in [-0.1, -0.05) is 37.1 Å². The van der Waals surface area contributed by atoms with Crippen LogP contribution in [0.15, 0.2) is 0 Å². The van der Waals surface area contributed by atoms with Gasteiger partial charge in [-0.15, -0.1) is 0 Å². The molecule has 0 atom stereocenters. The van der Waals surface area contributed by atoms with E-state index in [1.54, 1.807) is 28.3 Å². The lowest BCUT2D eigenvalue weighted by atomic mass is 10.7. The van der Waals surface area contributed by atoms with Crippen molar-refractivity contribution >= 4 is 23.8 Å². The third kappa shape index (κ3) is 365. The van der Waals surface area contributed by atoms with E-state index in [1.165, 1.54) is 41.9 Å². The summed E-state index contributed by atoms with van der Waals surface area (Å²) in [5.74, 6) is -0.481. The highest BCUT2D eigenvalue weighted by Gasteiger charge is 1.76. The van der Waals surface area contributed by atoms with Gasteiger partial charge in [-0.05, 0) is 0 Å². The summed E-state index contributed by atoms with van der Waals surface area (Å²) in [6, 6.07) is 0. The topological polar surface area (TPSA) is 120 Å². The molecule has 0 fully saturated rings. The molecule has 9 heteroatoms. The molecule has 0 aromatic carbocycles. The van der Waals surface area contributed by atoms with Gasteiger partial charge < -0.3 is 24.8 Å². The molecule has 0 bridgehead atoms. The molecule has 0 aliphatic rings. The number of hydrogen-bond donors (Lipinski definition) is 2. The van der Waals surface area contributed by atoms with Crippen LogP contribution in [0.5, 0.6) is 0 Å². The number of rotatable bonds is 0. The molecule has 0 rings (SSSR count). The Labute approximate surface area is 175 Å². The molecule has 0 unspecified atom stereocenters. The minimum Gasteiger partial charge on any atom is -0.469 e. The molecule has 9 nitrogen and oxygen atoms in total. The average molecular weight is 421 g/mol. The maximum absolute atomic E-state index is 9.70. The summed E-state index contributed by atoms with van der Waals surface area (Å²) in [5.41, 5.74) is 0. The van der Waals surface area contributed by atoms with Crippen LogP contribution in [0.1, 0.15) is 64.8 Å². The first-order valence-electron chi connectivity index (χ1n) is 6.36. The molecule has 0 aliphatic carbocycles. The van der Waals surface area contributed by atoms with Crippen molar-refractivity contribution in [2.24, 2.45) is 0 Å². The standard InChI is InChI=1S/2C3H7NO.2C3H6O2.C2H6O.5CH4/c2*1-3(5)4-2;2*1-3(4)5-2;1-3-2;;;;;/h2*1-2H3,(H,4,5);2*1-2H3;1-2H3;5*1H4. The number of ether oxygens (including phenoxy) is 3. The Hall–Kier alpha value is -2.16. The van der Waals surface area contributed by atoms with Crippen LogP contribution in [0.2, 0.25) is 0 Å². The first kappa shape index (κ1) is 63.5. The Morgan fingerprint density at radius 2 is 0.607 bits per heavy atom. The molecule has 0 saturated heterocycles. The summed E-state index contributed by atoms with van der Waals surface area (Å²) in [4.78, 5) is 38.6. The Kier molecular flexibility index (Phi) is 145. The molecule has 2 amide bonds. The van der Waals surface area contributed by atoms with E-state index in [1.807, 2.05) is 0 Å². The van der Waals surface area contributed by atoms with Crippen LogP contribution in [0, 0.1) is 0 Å². The van der Waals surface area contributed by atoms with Gasteiger partial charge in [0.25, 0.3) is 0 Å². The molecule has 0 aromatic rings. The van der Waals surface area contributed by atoms with Crippen molar-refractivity contribution in [1.29, 1.82) is 0 Å². The lowest BCUT2D eigenvalue weighted by Gasteiger charge is -1.80. The minimum atomic E-state index is -0.245. The molecule has 28 heavy (non-hydrogen) atoms. The zero-order valence-electron chi connectivity index (χ0n) is 15.9. The fourth-order valence-electron chi connectivity index (χ4n) is 0. The molecule has 2 N–H and O–H groups in total. The number of methoxy groups -OCH3 is 3. The SMILES string of the molecule is C.C.C.C.C.CNC(C)=O.CNC(C)=O.COC.COC(C)=O.COC(C)=O. The third-order valence-corrected chi connectivity index (χ3v) is 1.28. The van der Waals surface area contributed by atoms with E-state index in [0.717, 1.165) is 0 Å². The number of amides is 2. The van der Waals surface area contributed by atoms with Gasteiger partial charge in [0.15, 0.2) is 0 Å². The van der Waals surface area contributed by atoms with Crippen molar-refractivity contribution in [2.45, 2.75) is 64.8 Å². The van der Waals surface area contributed by atoms with Crippen LogP contribution < -0.4 is 10.6 Å². The summed E-state index contributed by atoms with van der Waals surface area (Å²) < 4.78 is 12.5. The number of esters is 2. The van der Waals surface area contributed by atoms with Gasteiger partial charge in [-0.2, -0.15) is 0 Å². The van der Waals surface area contributed by atoms with Crippen LogP contribution >= 0.6 is 0 Å². The van der Waals surface area contributed by atoms with Crippen molar-refractivity contribution in [3.8, 4) is 0 Å². The van der Waals surface area contributed by atoms with Gasteiger partial charge in [-0.3, -0.25) is 19.2 Å². The van der Waals surface area contributed by atoms with E-state index in [4.69, 9.17) is 0 Å². The van der Waals surface area contributed by atoms with E-state index >= 15 is 0 Å². The summed E-state index contributed by atoms with van der Waals surface area (Å²) >= 11 is 0. The fourth-order valence-corrected chi connectivity index (χ4v) is 0. The number of carbonyl (C=O) groups excluding carboxylic acids is 4. The van der Waals surface area contributed by atoms with Gasteiger partial charge in [0.1, 0.15) is 0 Å². The quantitative estimate of drug-likeness (QED) is 0.577. The number of carbonyl (C=O) groups is 4. The minimum absolute atomic E-state index is 0. The van der Waals surface area contributed by atoms with E-state index in [2.05, 4.69) is 24.8 Å². The normalized spacial score (nSPS) is 5.50. The molecule has 0 aliphatic heterocycles. The number of nitrogens with one attached hydrogen (secondary N) is 2. The second-order valence-corrected chi connectivity index (χ2v) is 3.41. The van der Waals surface area contributed by atoms with Crippen molar-refractivity contribution < 1.29 is 33.4 Å². The fraction of sp³-hybridized carbons (Fsp3) is 0.789. The second-order valence-electron chi connectivity index (χ2n) is 3.41. The third-order valence-electron chi connectivity index (χ3n) is 1.28. The van der Waals surface area contributed by atoms with Gasteiger partial charge in [0.05, 0.1) is 14.2 Å². The monoisotopic (exact) mass is 420 g/mol. The molecular formula is C19H52N2O7.